The summed E-state index contributed by atoms with van der Waals surface area (Å²) in [4.78, 5) is 17.2. The molecule has 0 aliphatic carbocycles. The number of aliphatic hydroxyl groups is 1. The minimum atomic E-state index is -1.46. The maximum Gasteiger partial charge on any atom is 0.251 e. The van der Waals surface area contributed by atoms with E-state index in [2.05, 4.69) is 4.98 Å². The number of carbonyl (C=O) groups is 1. The summed E-state index contributed by atoms with van der Waals surface area (Å²) in [7, 11) is 0. The van der Waals surface area contributed by atoms with Crippen molar-refractivity contribution in [1.29, 1.82) is 0 Å². The fourth-order valence-electron chi connectivity index (χ4n) is 1.99. The van der Waals surface area contributed by atoms with Gasteiger partial charge >= 0.3 is 0 Å². The molecule has 0 saturated carbocycles. The predicted molar refractivity (Wildman–Crippen MR) is 64.8 cm³/mol. The van der Waals surface area contributed by atoms with Crippen LogP contribution in [0.25, 0.3) is 0 Å². The van der Waals surface area contributed by atoms with E-state index in [1.807, 2.05) is 4.90 Å². The first-order valence-electron chi connectivity index (χ1n) is 5.40. The van der Waals surface area contributed by atoms with Gasteiger partial charge in [0.2, 0.25) is 0 Å². The Bertz CT molecular complexity index is 423. The van der Waals surface area contributed by atoms with Gasteiger partial charge in [-0.3, -0.25) is 4.79 Å². The van der Waals surface area contributed by atoms with E-state index in [0.717, 1.165) is 6.54 Å². The molecule has 0 unspecified atom stereocenters. The fourth-order valence-corrected chi connectivity index (χ4v) is 2.10. The molecule has 17 heavy (non-hydrogen) atoms. The smallest absolute Gasteiger partial charge is 0.251 e. The fraction of sp³-hybridized carbons (Fsp3) is 0.455. The van der Waals surface area contributed by atoms with Crippen molar-refractivity contribution in [3.63, 3.8) is 0 Å². The lowest BCUT2D eigenvalue weighted by atomic mass is 9.92. The Morgan fingerprint density at radius 3 is 2.94 bits per heavy atom. The summed E-state index contributed by atoms with van der Waals surface area (Å²) >= 11 is 5.75. The highest BCUT2D eigenvalue weighted by Gasteiger charge is 2.39. The summed E-state index contributed by atoms with van der Waals surface area (Å²) in [5.74, 6) is 0.00457. The SMILES string of the molecule is NC(=O)[C@@]1(O)CCCN(c2ccc(Cl)cn2)C1. The lowest BCUT2D eigenvalue weighted by Crippen LogP contribution is -2.56. The zero-order valence-electron chi connectivity index (χ0n) is 9.27. The van der Waals surface area contributed by atoms with Crippen LogP contribution in [0.2, 0.25) is 5.02 Å². The molecule has 5 nitrogen and oxygen atoms in total. The summed E-state index contributed by atoms with van der Waals surface area (Å²) in [5, 5.41) is 10.6. The third-order valence-electron chi connectivity index (χ3n) is 2.97. The molecule has 3 N–H and O–H groups in total. The molecule has 1 saturated heterocycles. The average Bonchev–Trinajstić information content (AvgIpc) is 2.30. The highest BCUT2D eigenvalue weighted by atomic mass is 35.5. The highest BCUT2D eigenvalue weighted by molar-refractivity contribution is 6.30. The molecule has 92 valence electrons. The molecule has 1 aromatic rings. The second-order valence-corrected chi connectivity index (χ2v) is 4.69. The number of anilines is 1. The number of hydrogen-bond acceptors (Lipinski definition) is 4. The Morgan fingerprint density at radius 2 is 2.35 bits per heavy atom. The number of pyridine rings is 1. The van der Waals surface area contributed by atoms with Gasteiger partial charge in [0.15, 0.2) is 5.60 Å². The van der Waals surface area contributed by atoms with Crippen LogP contribution in [0.15, 0.2) is 18.3 Å². The molecular formula is C11H14ClN3O2. The van der Waals surface area contributed by atoms with E-state index in [4.69, 9.17) is 17.3 Å². The Balaban J connectivity index is 2.17. The van der Waals surface area contributed by atoms with Gasteiger partial charge in [0.25, 0.3) is 5.91 Å². The van der Waals surface area contributed by atoms with Gasteiger partial charge in [-0.1, -0.05) is 11.6 Å². The summed E-state index contributed by atoms with van der Waals surface area (Å²) in [6.45, 7) is 0.918. The van der Waals surface area contributed by atoms with Crippen LogP contribution in [0, 0.1) is 0 Å². The van der Waals surface area contributed by atoms with Crippen molar-refractivity contribution in [1.82, 2.24) is 4.98 Å². The van der Waals surface area contributed by atoms with Gasteiger partial charge in [-0.2, -0.15) is 0 Å². The first-order chi connectivity index (χ1) is 8.01. The first kappa shape index (κ1) is 12.1. The van der Waals surface area contributed by atoms with Crippen molar-refractivity contribution in [2.45, 2.75) is 18.4 Å². The second-order valence-electron chi connectivity index (χ2n) is 4.26. The minimum Gasteiger partial charge on any atom is -0.378 e. The van der Waals surface area contributed by atoms with Crippen molar-refractivity contribution in [2.24, 2.45) is 5.73 Å². The number of rotatable bonds is 2. The van der Waals surface area contributed by atoms with Crippen LogP contribution in [0.3, 0.4) is 0 Å². The summed E-state index contributed by atoms with van der Waals surface area (Å²) < 4.78 is 0. The number of carbonyl (C=O) groups excluding carboxylic acids is 1. The first-order valence-corrected chi connectivity index (χ1v) is 5.78. The molecule has 2 heterocycles. The molecule has 1 aliphatic heterocycles. The minimum absolute atomic E-state index is 0.178. The van der Waals surface area contributed by atoms with Crippen LogP contribution in [-0.2, 0) is 4.79 Å². The third-order valence-corrected chi connectivity index (χ3v) is 3.19. The van der Waals surface area contributed by atoms with Crippen LogP contribution >= 0.6 is 11.6 Å². The molecule has 1 aliphatic rings. The topological polar surface area (TPSA) is 79.5 Å². The van der Waals surface area contributed by atoms with E-state index in [1.165, 1.54) is 6.20 Å². The van der Waals surface area contributed by atoms with Crippen molar-refractivity contribution in [2.75, 3.05) is 18.0 Å². The number of amides is 1. The monoisotopic (exact) mass is 255 g/mol. The molecule has 0 radical (unpaired) electrons. The zero-order valence-corrected chi connectivity index (χ0v) is 10.0. The van der Waals surface area contributed by atoms with Crippen LogP contribution in [0.4, 0.5) is 5.82 Å². The number of primary amides is 1. The Hall–Kier alpha value is -1.33. The summed E-state index contributed by atoms with van der Waals surface area (Å²) in [5.41, 5.74) is 3.75. The molecule has 1 fully saturated rings. The Morgan fingerprint density at radius 1 is 1.59 bits per heavy atom. The molecule has 0 aromatic carbocycles. The van der Waals surface area contributed by atoms with Crippen LogP contribution in [0.5, 0.6) is 0 Å². The van der Waals surface area contributed by atoms with Crippen LogP contribution < -0.4 is 10.6 Å². The van der Waals surface area contributed by atoms with E-state index in [1.54, 1.807) is 12.1 Å². The van der Waals surface area contributed by atoms with E-state index in [-0.39, 0.29) is 6.54 Å². The Labute approximate surface area is 104 Å². The van der Waals surface area contributed by atoms with Crippen molar-refractivity contribution >= 4 is 23.3 Å². The van der Waals surface area contributed by atoms with E-state index in [9.17, 15) is 9.90 Å². The molecule has 0 spiro atoms. The molecule has 2 rings (SSSR count). The van der Waals surface area contributed by atoms with Gasteiger partial charge in [-0.25, -0.2) is 4.98 Å². The standard InChI is InChI=1S/C11H14ClN3O2/c12-8-2-3-9(14-6-8)15-5-1-4-11(17,7-15)10(13)16/h2-3,6,17H,1,4-5,7H2,(H2,13,16)/t11-/m1/s1. The van der Waals surface area contributed by atoms with Gasteiger partial charge in [0.1, 0.15) is 5.82 Å². The number of hydrogen-bond donors (Lipinski definition) is 2. The number of halogens is 1. The molecule has 6 heteroatoms. The van der Waals surface area contributed by atoms with Gasteiger partial charge in [-0.05, 0) is 25.0 Å². The quantitative estimate of drug-likeness (QED) is 0.809. The summed E-state index contributed by atoms with van der Waals surface area (Å²) in [6.07, 6.45) is 2.63. The number of nitrogens with zero attached hydrogens (tertiary/aromatic N) is 2. The maximum atomic E-state index is 11.2. The second kappa shape index (κ2) is 4.50. The zero-order chi connectivity index (χ0) is 12.5. The number of aromatic nitrogens is 1. The summed E-state index contributed by atoms with van der Waals surface area (Å²) in [6, 6.07) is 3.48. The third kappa shape index (κ3) is 2.50. The predicted octanol–water partition coefficient (Wildman–Crippen LogP) is 0.552. The van der Waals surface area contributed by atoms with Crippen LogP contribution in [0.1, 0.15) is 12.8 Å². The van der Waals surface area contributed by atoms with Crippen molar-refractivity contribution in [3.05, 3.63) is 23.4 Å². The number of β-amino-alcohol motifs (C(OH)–C–C–N with tert-alkyl or cyclic N) is 1. The van der Waals surface area contributed by atoms with Crippen molar-refractivity contribution in [3.8, 4) is 0 Å². The van der Waals surface area contributed by atoms with Gasteiger partial charge in [0, 0.05) is 12.7 Å². The van der Waals surface area contributed by atoms with Gasteiger partial charge in [0.05, 0.1) is 11.6 Å². The highest BCUT2D eigenvalue weighted by Crippen LogP contribution is 2.25. The van der Waals surface area contributed by atoms with E-state index >= 15 is 0 Å². The lowest BCUT2D eigenvalue weighted by Gasteiger charge is -2.37. The Kier molecular flexibility index (Phi) is 3.22. The average molecular weight is 256 g/mol. The molecule has 1 amide bonds. The normalized spacial score (nSPS) is 24.7. The lowest BCUT2D eigenvalue weighted by molar-refractivity contribution is -0.137. The molecule has 1 atom stereocenters. The van der Waals surface area contributed by atoms with E-state index in [0.29, 0.717) is 23.7 Å². The van der Waals surface area contributed by atoms with Crippen LogP contribution in [-0.4, -0.2) is 34.7 Å². The molecule has 0 bridgehead atoms. The largest absolute Gasteiger partial charge is 0.378 e. The van der Waals surface area contributed by atoms with Gasteiger partial charge < -0.3 is 15.7 Å². The van der Waals surface area contributed by atoms with Gasteiger partial charge in [-0.15, -0.1) is 0 Å². The van der Waals surface area contributed by atoms with Crippen molar-refractivity contribution < 1.29 is 9.90 Å². The number of piperidine rings is 1. The van der Waals surface area contributed by atoms with E-state index < -0.39 is 11.5 Å². The number of nitrogens with two attached hydrogens (primary N) is 1. The molecule has 1 aromatic heterocycles. The molecular weight excluding hydrogens is 242 g/mol. The maximum absolute atomic E-state index is 11.2.